The van der Waals surface area contributed by atoms with Gasteiger partial charge in [0.25, 0.3) is 0 Å². The second kappa shape index (κ2) is 3.56. The van der Waals surface area contributed by atoms with Crippen LogP contribution in [0.15, 0.2) is 52.3 Å². The topological polar surface area (TPSA) is 3.24 Å². The van der Waals surface area contributed by atoms with Gasteiger partial charge >= 0.3 is 0 Å². The van der Waals surface area contributed by atoms with Gasteiger partial charge in [-0.05, 0) is 30.7 Å². The lowest BCUT2D eigenvalue weighted by molar-refractivity contribution is 1.09. The first-order valence-corrected chi connectivity index (χ1v) is 6.19. The van der Waals surface area contributed by atoms with Gasteiger partial charge in [0, 0.05) is 16.8 Å². The molecule has 0 saturated heterocycles. The Hall–Kier alpha value is -1.41. The summed E-state index contributed by atoms with van der Waals surface area (Å²) >= 11 is 1.86. The monoisotopic (exact) mass is 227 g/mol. The van der Waals surface area contributed by atoms with E-state index in [-0.39, 0.29) is 0 Å². The van der Waals surface area contributed by atoms with Crippen molar-refractivity contribution in [2.75, 3.05) is 11.9 Å². The summed E-state index contributed by atoms with van der Waals surface area (Å²) in [6.45, 7) is 2.17. The predicted octanol–water partition coefficient (Wildman–Crippen LogP) is 4.23. The third kappa shape index (κ3) is 1.34. The Morgan fingerprint density at radius 1 is 0.938 bits per heavy atom. The molecule has 0 aromatic heterocycles. The lowest BCUT2D eigenvalue weighted by Crippen LogP contribution is -2.15. The second-order valence-electron chi connectivity index (χ2n) is 4.05. The summed E-state index contributed by atoms with van der Waals surface area (Å²) in [7, 11) is 2.14. The van der Waals surface area contributed by atoms with Crippen LogP contribution in [0.5, 0.6) is 0 Å². The van der Waals surface area contributed by atoms with Crippen molar-refractivity contribution in [1.82, 2.24) is 0 Å². The Morgan fingerprint density at radius 2 is 1.69 bits per heavy atom. The molecule has 0 spiro atoms. The number of aryl methyl sites for hydroxylation is 1. The Labute approximate surface area is 100 Å². The van der Waals surface area contributed by atoms with Crippen molar-refractivity contribution in [3.8, 4) is 0 Å². The number of rotatable bonds is 0. The van der Waals surface area contributed by atoms with Gasteiger partial charge in [-0.3, -0.25) is 0 Å². The standard InChI is InChI=1S/C14H13NS/c1-10-6-5-9-13-14(10)15(2)11-7-3-4-8-12(11)16-13/h3-9H,1-2H3. The number of hydrogen-bond acceptors (Lipinski definition) is 2. The molecule has 2 heteroatoms. The third-order valence-electron chi connectivity index (χ3n) is 2.98. The smallest absolute Gasteiger partial charge is 0.0579 e. The largest absolute Gasteiger partial charge is 0.343 e. The maximum absolute atomic E-state index is 2.29. The van der Waals surface area contributed by atoms with Gasteiger partial charge in [0.2, 0.25) is 0 Å². The van der Waals surface area contributed by atoms with E-state index >= 15 is 0 Å². The molecule has 0 N–H and O–H groups in total. The minimum Gasteiger partial charge on any atom is -0.343 e. The van der Waals surface area contributed by atoms with E-state index in [0.717, 1.165) is 0 Å². The van der Waals surface area contributed by atoms with Crippen LogP contribution in [0, 0.1) is 6.92 Å². The molecule has 2 aromatic carbocycles. The van der Waals surface area contributed by atoms with Gasteiger partial charge in [0.1, 0.15) is 0 Å². The molecule has 0 fully saturated rings. The molecule has 0 aliphatic carbocycles. The van der Waals surface area contributed by atoms with Crippen LogP contribution in [0.25, 0.3) is 0 Å². The zero-order chi connectivity index (χ0) is 11.1. The van der Waals surface area contributed by atoms with Crippen LogP contribution in [0.3, 0.4) is 0 Å². The fourth-order valence-electron chi connectivity index (χ4n) is 2.20. The van der Waals surface area contributed by atoms with Gasteiger partial charge < -0.3 is 4.90 Å². The minimum atomic E-state index is 1.30. The molecule has 1 aliphatic rings. The number of benzene rings is 2. The zero-order valence-corrected chi connectivity index (χ0v) is 10.2. The maximum Gasteiger partial charge on any atom is 0.0579 e. The van der Waals surface area contributed by atoms with Crippen molar-refractivity contribution in [3.63, 3.8) is 0 Å². The van der Waals surface area contributed by atoms with Crippen molar-refractivity contribution in [2.45, 2.75) is 16.7 Å². The molecule has 0 bridgehead atoms. The summed E-state index contributed by atoms with van der Waals surface area (Å²) in [5.74, 6) is 0. The molecule has 0 unspecified atom stereocenters. The number of para-hydroxylation sites is 2. The highest BCUT2D eigenvalue weighted by atomic mass is 32.2. The van der Waals surface area contributed by atoms with Crippen molar-refractivity contribution >= 4 is 23.1 Å². The van der Waals surface area contributed by atoms with Crippen molar-refractivity contribution in [1.29, 1.82) is 0 Å². The number of anilines is 2. The first-order chi connectivity index (χ1) is 7.77. The molecule has 0 saturated carbocycles. The van der Waals surface area contributed by atoms with E-state index in [0.29, 0.717) is 0 Å². The van der Waals surface area contributed by atoms with E-state index in [2.05, 4.69) is 61.3 Å². The summed E-state index contributed by atoms with van der Waals surface area (Å²) in [5, 5.41) is 0. The molecular weight excluding hydrogens is 214 g/mol. The van der Waals surface area contributed by atoms with Crippen LogP contribution in [0.1, 0.15) is 5.56 Å². The molecule has 1 nitrogen and oxygen atoms in total. The van der Waals surface area contributed by atoms with Gasteiger partial charge in [-0.1, -0.05) is 36.0 Å². The molecule has 0 atom stereocenters. The third-order valence-corrected chi connectivity index (χ3v) is 4.10. The summed E-state index contributed by atoms with van der Waals surface area (Å²) in [4.78, 5) is 4.97. The average molecular weight is 227 g/mol. The minimum absolute atomic E-state index is 1.30. The highest BCUT2D eigenvalue weighted by Gasteiger charge is 2.20. The predicted molar refractivity (Wildman–Crippen MR) is 69.8 cm³/mol. The molecule has 0 radical (unpaired) electrons. The first-order valence-electron chi connectivity index (χ1n) is 5.37. The van der Waals surface area contributed by atoms with Gasteiger partial charge in [-0.2, -0.15) is 0 Å². The Morgan fingerprint density at radius 3 is 2.56 bits per heavy atom. The molecule has 0 amide bonds. The Kier molecular flexibility index (Phi) is 2.18. The van der Waals surface area contributed by atoms with E-state index in [1.54, 1.807) is 0 Å². The second-order valence-corrected chi connectivity index (χ2v) is 5.13. The summed E-state index contributed by atoms with van der Waals surface area (Å²) in [5.41, 5.74) is 3.97. The normalized spacial score (nSPS) is 13.2. The van der Waals surface area contributed by atoms with E-state index in [9.17, 15) is 0 Å². The SMILES string of the molecule is Cc1cccc2c1N(C)c1ccccc1S2. The summed E-state index contributed by atoms with van der Waals surface area (Å²) in [6, 6.07) is 15.0. The lowest BCUT2D eigenvalue weighted by Gasteiger charge is -2.30. The molecular formula is C14H13NS. The van der Waals surface area contributed by atoms with Gasteiger partial charge in [-0.15, -0.1) is 0 Å². The van der Waals surface area contributed by atoms with Crippen LogP contribution in [0.2, 0.25) is 0 Å². The van der Waals surface area contributed by atoms with E-state index in [1.807, 2.05) is 11.8 Å². The summed E-state index contributed by atoms with van der Waals surface area (Å²) in [6.07, 6.45) is 0. The number of hydrogen-bond donors (Lipinski definition) is 0. The van der Waals surface area contributed by atoms with E-state index in [4.69, 9.17) is 0 Å². The first kappa shape index (κ1) is 9.79. The summed E-state index contributed by atoms with van der Waals surface area (Å²) < 4.78 is 0. The molecule has 1 heterocycles. The van der Waals surface area contributed by atoms with Crippen molar-refractivity contribution in [3.05, 3.63) is 48.0 Å². The van der Waals surface area contributed by atoms with E-state index < -0.39 is 0 Å². The van der Waals surface area contributed by atoms with Crippen LogP contribution >= 0.6 is 11.8 Å². The fraction of sp³-hybridized carbons (Fsp3) is 0.143. The van der Waals surface area contributed by atoms with Crippen molar-refractivity contribution in [2.24, 2.45) is 0 Å². The molecule has 2 aromatic rings. The Bertz CT molecular complexity index is 548. The number of fused-ring (bicyclic) bond motifs is 2. The van der Waals surface area contributed by atoms with Crippen molar-refractivity contribution < 1.29 is 0 Å². The zero-order valence-electron chi connectivity index (χ0n) is 9.40. The van der Waals surface area contributed by atoms with Crippen LogP contribution in [-0.2, 0) is 0 Å². The molecule has 3 rings (SSSR count). The lowest BCUT2D eigenvalue weighted by atomic mass is 10.1. The molecule has 16 heavy (non-hydrogen) atoms. The molecule has 1 aliphatic heterocycles. The average Bonchev–Trinajstić information content (AvgIpc) is 2.29. The van der Waals surface area contributed by atoms with Gasteiger partial charge in [0.05, 0.1) is 11.4 Å². The van der Waals surface area contributed by atoms with E-state index in [1.165, 1.54) is 26.7 Å². The van der Waals surface area contributed by atoms with Crippen LogP contribution in [0.4, 0.5) is 11.4 Å². The van der Waals surface area contributed by atoms with Gasteiger partial charge in [-0.25, -0.2) is 0 Å². The van der Waals surface area contributed by atoms with Crippen LogP contribution < -0.4 is 4.90 Å². The van der Waals surface area contributed by atoms with Gasteiger partial charge in [0.15, 0.2) is 0 Å². The highest BCUT2D eigenvalue weighted by molar-refractivity contribution is 7.99. The highest BCUT2D eigenvalue weighted by Crippen LogP contribution is 2.48. The van der Waals surface area contributed by atoms with Crippen LogP contribution in [-0.4, -0.2) is 7.05 Å². The maximum atomic E-state index is 2.29. The fourth-order valence-corrected chi connectivity index (χ4v) is 3.44. The quantitative estimate of drug-likeness (QED) is 0.662. The Balaban J connectivity index is 2.23. The number of nitrogens with zero attached hydrogens (tertiary/aromatic N) is 1. The molecule has 80 valence electrons.